The van der Waals surface area contributed by atoms with Gasteiger partial charge in [0.2, 0.25) is 0 Å². The van der Waals surface area contributed by atoms with Crippen molar-refractivity contribution in [2.75, 3.05) is 6.61 Å². The number of aromatic nitrogens is 2. The molecule has 3 N–H and O–H groups in total. The first-order valence-electron chi connectivity index (χ1n) is 5.29. The number of nitrogens with two attached hydrogens (primary N) is 1. The average molecular weight is 212 g/mol. The zero-order valence-corrected chi connectivity index (χ0v) is 9.60. The van der Waals surface area contributed by atoms with Gasteiger partial charge in [-0.3, -0.25) is 16.0 Å². The maximum atomic E-state index is 5.63. The summed E-state index contributed by atoms with van der Waals surface area (Å²) in [7, 11) is 1.89. The van der Waals surface area contributed by atoms with E-state index >= 15 is 0 Å². The predicted octanol–water partition coefficient (Wildman–Crippen LogP) is 0.740. The lowest BCUT2D eigenvalue weighted by atomic mass is 10.0. The molecule has 2 atom stereocenters. The van der Waals surface area contributed by atoms with Gasteiger partial charge in [0.25, 0.3) is 0 Å². The molecule has 0 aliphatic rings. The van der Waals surface area contributed by atoms with Crippen molar-refractivity contribution in [3.8, 4) is 0 Å². The summed E-state index contributed by atoms with van der Waals surface area (Å²) in [5.74, 6) is 5.55. The van der Waals surface area contributed by atoms with E-state index in [4.69, 9.17) is 10.6 Å². The van der Waals surface area contributed by atoms with E-state index in [1.165, 1.54) is 0 Å². The number of hydrazine groups is 1. The molecule has 5 heteroatoms. The van der Waals surface area contributed by atoms with Crippen LogP contribution in [0.4, 0.5) is 0 Å². The Balaban J connectivity index is 2.76. The van der Waals surface area contributed by atoms with Crippen molar-refractivity contribution in [3.63, 3.8) is 0 Å². The number of hydrogen-bond acceptors (Lipinski definition) is 4. The fraction of sp³-hybridized carbons (Fsp3) is 0.700. The maximum Gasteiger partial charge on any atom is 0.0781 e. The van der Waals surface area contributed by atoms with Crippen LogP contribution in [-0.2, 0) is 11.8 Å². The SMILES string of the molecule is CCOC(CC)C(NN)c1cnn(C)c1. The standard InChI is InChI=1S/C10H20N4O/c1-4-9(15-5-2)10(13-11)8-6-12-14(3)7-8/h6-7,9-10,13H,4-5,11H2,1-3H3. The molecule has 1 heterocycles. The fourth-order valence-corrected chi connectivity index (χ4v) is 1.68. The highest BCUT2D eigenvalue weighted by Crippen LogP contribution is 2.20. The minimum absolute atomic E-state index is 0.00338. The van der Waals surface area contributed by atoms with Gasteiger partial charge < -0.3 is 4.74 Å². The number of nitrogens with zero attached hydrogens (tertiary/aromatic N) is 2. The van der Waals surface area contributed by atoms with E-state index in [1.54, 1.807) is 4.68 Å². The normalized spacial score (nSPS) is 15.2. The molecule has 0 aliphatic carbocycles. The van der Waals surface area contributed by atoms with Crippen molar-refractivity contribution in [1.29, 1.82) is 0 Å². The molecular formula is C10H20N4O. The van der Waals surface area contributed by atoms with Crippen LogP contribution in [0.2, 0.25) is 0 Å². The molecule has 0 saturated heterocycles. The summed E-state index contributed by atoms with van der Waals surface area (Å²) >= 11 is 0. The van der Waals surface area contributed by atoms with E-state index in [-0.39, 0.29) is 12.1 Å². The van der Waals surface area contributed by atoms with Gasteiger partial charge >= 0.3 is 0 Å². The van der Waals surface area contributed by atoms with Crippen molar-refractivity contribution in [3.05, 3.63) is 18.0 Å². The second kappa shape index (κ2) is 5.85. The van der Waals surface area contributed by atoms with Gasteiger partial charge in [0.1, 0.15) is 0 Å². The highest BCUT2D eigenvalue weighted by molar-refractivity contribution is 5.11. The van der Waals surface area contributed by atoms with Crippen LogP contribution in [-0.4, -0.2) is 22.5 Å². The molecule has 0 aliphatic heterocycles. The van der Waals surface area contributed by atoms with E-state index in [1.807, 2.05) is 26.4 Å². The summed E-state index contributed by atoms with van der Waals surface area (Å²) in [6.45, 7) is 4.76. The van der Waals surface area contributed by atoms with E-state index in [0.717, 1.165) is 12.0 Å². The van der Waals surface area contributed by atoms with Crippen LogP contribution in [0.1, 0.15) is 31.9 Å². The van der Waals surface area contributed by atoms with E-state index in [0.29, 0.717) is 6.61 Å². The van der Waals surface area contributed by atoms with Gasteiger partial charge in [-0.1, -0.05) is 6.92 Å². The lowest BCUT2D eigenvalue weighted by Crippen LogP contribution is -2.37. The molecule has 1 rings (SSSR count). The Bertz CT molecular complexity index is 287. The van der Waals surface area contributed by atoms with Gasteiger partial charge in [-0.05, 0) is 13.3 Å². The summed E-state index contributed by atoms with van der Waals surface area (Å²) in [4.78, 5) is 0. The monoisotopic (exact) mass is 212 g/mol. The minimum atomic E-state index is 0.00338. The number of ether oxygens (including phenoxy) is 1. The Morgan fingerprint density at radius 2 is 2.33 bits per heavy atom. The minimum Gasteiger partial charge on any atom is -0.376 e. The van der Waals surface area contributed by atoms with Gasteiger partial charge in [-0.25, -0.2) is 0 Å². The molecule has 0 aromatic carbocycles. The molecule has 0 bridgehead atoms. The third-order valence-electron chi connectivity index (χ3n) is 2.42. The first kappa shape index (κ1) is 12.2. The second-order valence-corrected chi connectivity index (χ2v) is 3.49. The summed E-state index contributed by atoms with van der Waals surface area (Å²) < 4.78 is 7.39. The molecule has 0 fully saturated rings. The largest absolute Gasteiger partial charge is 0.376 e. The van der Waals surface area contributed by atoms with Crippen LogP contribution in [0.15, 0.2) is 12.4 Å². The number of hydrogen-bond donors (Lipinski definition) is 2. The lowest BCUT2D eigenvalue weighted by Gasteiger charge is -2.24. The molecule has 86 valence electrons. The third-order valence-corrected chi connectivity index (χ3v) is 2.42. The molecule has 2 unspecified atom stereocenters. The fourth-order valence-electron chi connectivity index (χ4n) is 1.68. The zero-order chi connectivity index (χ0) is 11.3. The highest BCUT2D eigenvalue weighted by Gasteiger charge is 2.21. The predicted molar refractivity (Wildman–Crippen MR) is 59.0 cm³/mol. The van der Waals surface area contributed by atoms with Gasteiger partial charge in [-0.15, -0.1) is 0 Å². The second-order valence-electron chi connectivity index (χ2n) is 3.49. The highest BCUT2D eigenvalue weighted by atomic mass is 16.5. The van der Waals surface area contributed by atoms with Crippen molar-refractivity contribution in [1.82, 2.24) is 15.2 Å². The van der Waals surface area contributed by atoms with E-state index in [2.05, 4.69) is 17.4 Å². The molecule has 1 aromatic heterocycles. The summed E-state index contributed by atoms with van der Waals surface area (Å²) in [5, 5.41) is 4.13. The van der Waals surface area contributed by atoms with Crippen LogP contribution in [0, 0.1) is 0 Å². The van der Waals surface area contributed by atoms with Gasteiger partial charge in [0, 0.05) is 25.4 Å². The number of rotatable bonds is 6. The van der Waals surface area contributed by atoms with Crippen LogP contribution >= 0.6 is 0 Å². The Labute approximate surface area is 90.6 Å². The topological polar surface area (TPSA) is 65.1 Å². The van der Waals surface area contributed by atoms with Gasteiger partial charge in [-0.2, -0.15) is 5.10 Å². The molecule has 1 aromatic rings. The summed E-state index contributed by atoms with van der Waals surface area (Å²) in [5.41, 5.74) is 3.84. The lowest BCUT2D eigenvalue weighted by molar-refractivity contribution is 0.0314. The smallest absolute Gasteiger partial charge is 0.0781 e. The van der Waals surface area contributed by atoms with Gasteiger partial charge in [0.05, 0.1) is 18.3 Å². The summed E-state index contributed by atoms with van der Waals surface area (Å²) in [6.07, 6.45) is 4.76. The average Bonchev–Trinajstić information content (AvgIpc) is 2.64. The van der Waals surface area contributed by atoms with Crippen LogP contribution in [0.25, 0.3) is 0 Å². The molecular weight excluding hydrogens is 192 g/mol. The molecule has 5 nitrogen and oxygen atoms in total. The Morgan fingerprint density at radius 3 is 2.73 bits per heavy atom. The Morgan fingerprint density at radius 1 is 1.60 bits per heavy atom. The molecule has 0 spiro atoms. The Kier molecular flexibility index (Phi) is 4.74. The molecule has 0 amide bonds. The Hall–Kier alpha value is -0.910. The quantitative estimate of drug-likeness (QED) is 0.539. The maximum absolute atomic E-state index is 5.63. The molecule has 15 heavy (non-hydrogen) atoms. The van der Waals surface area contributed by atoms with Gasteiger partial charge in [0.15, 0.2) is 0 Å². The number of nitrogens with one attached hydrogen (secondary N) is 1. The van der Waals surface area contributed by atoms with Crippen LogP contribution < -0.4 is 11.3 Å². The zero-order valence-electron chi connectivity index (χ0n) is 9.60. The molecule has 0 radical (unpaired) electrons. The first-order valence-corrected chi connectivity index (χ1v) is 5.29. The third kappa shape index (κ3) is 3.02. The van der Waals surface area contributed by atoms with Crippen molar-refractivity contribution >= 4 is 0 Å². The van der Waals surface area contributed by atoms with Crippen LogP contribution in [0.3, 0.4) is 0 Å². The van der Waals surface area contributed by atoms with E-state index < -0.39 is 0 Å². The van der Waals surface area contributed by atoms with Crippen molar-refractivity contribution < 1.29 is 4.74 Å². The molecule has 0 saturated carbocycles. The van der Waals surface area contributed by atoms with Crippen LogP contribution in [0.5, 0.6) is 0 Å². The number of aryl methyl sites for hydroxylation is 1. The first-order chi connectivity index (χ1) is 7.22. The van der Waals surface area contributed by atoms with E-state index in [9.17, 15) is 0 Å². The summed E-state index contributed by atoms with van der Waals surface area (Å²) in [6, 6.07) is 0.00338. The van der Waals surface area contributed by atoms with Crippen molar-refractivity contribution in [2.24, 2.45) is 12.9 Å². The van der Waals surface area contributed by atoms with Crippen molar-refractivity contribution in [2.45, 2.75) is 32.4 Å².